The second-order valence-electron chi connectivity index (χ2n) is 17.7. The predicted octanol–water partition coefficient (Wildman–Crippen LogP) is 3.45. The number of carbonyl (C=O) groups excluding carboxylic acids is 6. The van der Waals surface area contributed by atoms with E-state index in [1.54, 1.807) is 30.3 Å². The highest BCUT2D eigenvalue weighted by Gasteiger charge is 2.34. The SMILES string of the molecule is CCCCCCCCCCCCCCCC(=O)N[C@@H](C)C(=O)N[C@@H](CCCCN)C(=O)N[C@@H](Cc1ccccc1)C(=O)N[C@@H](CCC(=O)O)C(=O)N[C@@H](CCC(=O)O)C(=O)N[C@@H](CCC(=O)O)C(=O)O. The fourth-order valence-electron chi connectivity index (χ4n) is 7.49. The second kappa shape index (κ2) is 36.8. The van der Waals surface area contributed by atoms with Gasteiger partial charge in [-0.25, -0.2) is 4.79 Å². The van der Waals surface area contributed by atoms with E-state index in [1.165, 1.54) is 64.7 Å². The number of hydrogen-bond acceptors (Lipinski definition) is 11. The van der Waals surface area contributed by atoms with Crippen molar-refractivity contribution in [3.8, 4) is 0 Å². The number of rotatable bonds is 41. The maximum Gasteiger partial charge on any atom is 0.326 e. The standard InChI is InChI=1S/C49H79N7O14/c1-3-4-5-6-7-8-9-10-11-12-13-14-18-24-40(57)51-33(2)44(64)52-35(23-19-20-31-50)45(65)56-39(32-34-21-16-15-17-22-34)48(68)54-36(25-28-41(58)59)46(66)53-37(26-29-42(60)61)47(67)55-38(49(69)70)27-30-43(62)63/h15-17,21-22,33,35-39H,3-14,18-20,23-32,50H2,1-2H3,(H,51,57)(H,52,64)(H,53,66)(H,54,68)(H,55,67)(H,56,65)(H,58,59)(H,60,61)(H,62,63)(H,69,70)/t33-,35-,36-,37-,38-,39-/m0/s1. The maximum atomic E-state index is 14.1. The molecular formula is C49H79N7O14. The molecule has 0 bridgehead atoms. The molecule has 0 fully saturated rings. The molecule has 1 rings (SSSR count). The molecule has 0 aliphatic rings. The predicted molar refractivity (Wildman–Crippen MR) is 259 cm³/mol. The van der Waals surface area contributed by atoms with Crippen LogP contribution in [0.2, 0.25) is 0 Å². The van der Waals surface area contributed by atoms with E-state index < -0.39 is 128 Å². The van der Waals surface area contributed by atoms with Crippen molar-refractivity contribution >= 4 is 59.3 Å². The molecule has 0 aromatic heterocycles. The average Bonchev–Trinajstić information content (AvgIpc) is 3.31. The lowest BCUT2D eigenvalue weighted by molar-refractivity contribution is -0.144. The Balaban J connectivity index is 3.15. The Labute approximate surface area is 411 Å². The van der Waals surface area contributed by atoms with Crippen LogP contribution in [0, 0.1) is 0 Å². The molecule has 0 saturated heterocycles. The Morgan fingerprint density at radius 1 is 0.443 bits per heavy atom. The Morgan fingerprint density at radius 3 is 1.27 bits per heavy atom. The van der Waals surface area contributed by atoms with Gasteiger partial charge >= 0.3 is 23.9 Å². The Bertz CT molecular complexity index is 1800. The number of carboxylic acids is 4. The molecule has 21 heteroatoms. The van der Waals surface area contributed by atoms with Crippen LogP contribution in [0.5, 0.6) is 0 Å². The quantitative estimate of drug-likeness (QED) is 0.0419. The van der Waals surface area contributed by atoms with Crippen LogP contribution in [0.4, 0.5) is 0 Å². The van der Waals surface area contributed by atoms with E-state index in [2.05, 4.69) is 38.8 Å². The summed E-state index contributed by atoms with van der Waals surface area (Å²) in [6.45, 7) is 3.99. The lowest BCUT2D eigenvalue weighted by atomic mass is 10.0. The van der Waals surface area contributed by atoms with Gasteiger partial charge in [-0.3, -0.25) is 43.2 Å². The molecule has 1 aromatic carbocycles. The van der Waals surface area contributed by atoms with Crippen LogP contribution in [0.1, 0.15) is 167 Å². The number of nitrogens with two attached hydrogens (primary N) is 1. The van der Waals surface area contributed by atoms with Gasteiger partial charge in [0.05, 0.1) is 0 Å². The molecule has 70 heavy (non-hydrogen) atoms. The van der Waals surface area contributed by atoms with E-state index in [0.29, 0.717) is 24.8 Å². The van der Waals surface area contributed by atoms with E-state index >= 15 is 0 Å². The molecule has 12 N–H and O–H groups in total. The first-order valence-electron chi connectivity index (χ1n) is 24.8. The van der Waals surface area contributed by atoms with Gasteiger partial charge in [-0.2, -0.15) is 0 Å². The van der Waals surface area contributed by atoms with E-state index in [9.17, 15) is 63.3 Å². The first kappa shape index (κ1) is 61.9. The van der Waals surface area contributed by atoms with Gasteiger partial charge in [0.25, 0.3) is 0 Å². The molecular weight excluding hydrogens is 911 g/mol. The zero-order chi connectivity index (χ0) is 52.3. The second-order valence-corrected chi connectivity index (χ2v) is 17.7. The number of unbranched alkanes of at least 4 members (excludes halogenated alkanes) is 13. The Kier molecular flexibility index (Phi) is 32.5. The summed E-state index contributed by atoms with van der Waals surface area (Å²) >= 11 is 0. The fraction of sp³-hybridized carbons (Fsp3) is 0.673. The number of carbonyl (C=O) groups is 10. The van der Waals surface area contributed by atoms with Gasteiger partial charge in [0, 0.05) is 32.1 Å². The first-order chi connectivity index (χ1) is 33.4. The van der Waals surface area contributed by atoms with Gasteiger partial charge in [-0.1, -0.05) is 114 Å². The van der Waals surface area contributed by atoms with Crippen molar-refractivity contribution in [3.05, 3.63) is 35.9 Å². The summed E-state index contributed by atoms with van der Waals surface area (Å²) in [5.41, 5.74) is 6.26. The van der Waals surface area contributed by atoms with Crippen LogP contribution >= 0.6 is 0 Å². The summed E-state index contributed by atoms with van der Waals surface area (Å²) < 4.78 is 0. The third kappa shape index (κ3) is 29.0. The number of amides is 6. The summed E-state index contributed by atoms with van der Waals surface area (Å²) in [5.74, 6) is -10.8. The van der Waals surface area contributed by atoms with Crippen LogP contribution in [0.3, 0.4) is 0 Å². The van der Waals surface area contributed by atoms with E-state index in [1.807, 2.05) is 0 Å². The third-order valence-electron chi connectivity index (χ3n) is 11.6. The zero-order valence-electron chi connectivity index (χ0n) is 41.0. The number of nitrogens with one attached hydrogen (secondary N) is 6. The van der Waals surface area contributed by atoms with Gasteiger partial charge in [0.2, 0.25) is 35.4 Å². The van der Waals surface area contributed by atoms with Crippen LogP contribution in [-0.2, 0) is 54.4 Å². The fourth-order valence-corrected chi connectivity index (χ4v) is 7.49. The van der Waals surface area contributed by atoms with Gasteiger partial charge in [0.15, 0.2) is 0 Å². The Morgan fingerprint density at radius 2 is 0.829 bits per heavy atom. The lowest BCUT2D eigenvalue weighted by Gasteiger charge is -2.27. The van der Waals surface area contributed by atoms with Crippen molar-refractivity contribution in [2.75, 3.05) is 6.54 Å². The van der Waals surface area contributed by atoms with Crippen molar-refractivity contribution in [1.29, 1.82) is 0 Å². The largest absolute Gasteiger partial charge is 0.481 e. The Hall–Kier alpha value is -6.12. The van der Waals surface area contributed by atoms with Gasteiger partial charge in [-0.05, 0) is 64.0 Å². The topological polar surface area (TPSA) is 350 Å². The van der Waals surface area contributed by atoms with E-state index in [0.717, 1.165) is 19.3 Å². The number of aliphatic carboxylic acids is 4. The summed E-state index contributed by atoms with van der Waals surface area (Å²) in [5, 5.41) is 52.1. The molecule has 0 unspecified atom stereocenters. The highest BCUT2D eigenvalue weighted by atomic mass is 16.4. The third-order valence-corrected chi connectivity index (χ3v) is 11.6. The van der Waals surface area contributed by atoms with Crippen molar-refractivity contribution in [2.45, 2.75) is 204 Å². The normalized spacial score (nSPS) is 13.5. The molecule has 0 aliphatic carbocycles. The molecule has 6 amide bonds. The molecule has 394 valence electrons. The van der Waals surface area contributed by atoms with Crippen molar-refractivity contribution in [1.82, 2.24) is 31.9 Å². The zero-order valence-corrected chi connectivity index (χ0v) is 41.0. The smallest absolute Gasteiger partial charge is 0.326 e. The molecule has 0 spiro atoms. The summed E-state index contributed by atoms with van der Waals surface area (Å²) in [4.78, 5) is 127. The molecule has 0 heterocycles. The van der Waals surface area contributed by atoms with Gasteiger partial charge < -0.3 is 58.1 Å². The van der Waals surface area contributed by atoms with Gasteiger partial charge in [-0.15, -0.1) is 0 Å². The lowest BCUT2D eigenvalue weighted by Crippen LogP contribution is -2.59. The number of carboxylic acid groups (broad SMARTS) is 4. The van der Waals surface area contributed by atoms with E-state index in [-0.39, 0.29) is 31.7 Å². The molecule has 0 saturated carbocycles. The van der Waals surface area contributed by atoms with E-state index in [4.69, 9.17) is 10.8 Å². The highest BCUT2D eigenvalue weighted by molar-refractivity contribution is 5.97. The van der Waals surface area contributed by atoms with Crippen LogP contribution in [0.15, 0.2) is 30.3 Å². The summed E-state index contributed by atoms with van der Waals surface area (Å²) in [6, 6.07) is -0.445. The molecule has 1 aromatic rings. The molecule has 0 aliphatic heterocycles. The minimum atomic E-state index is -1.73. The van der Waals surface area contributed by atoms with Crippen molar-refractivity contribution < 1.29 is 68.4 Å². The molecule has 6 atom stereocenters. The highest BCUT2D eigenvalue weighted by Crippen LogP contribution is 2.14. The summed E-state index contributed by atoms with van der Waals surface area (Å²) in [7, 11) is 0. The number of hydrogen-bond donors (Lipinski definition) is 11. The number of benzene rings is 1. The first-order valence-corrected chi connectivity index (χ1v) is 24.8. The molecule has 0 radical (unpaired) electrons. The monoisotopic (exact) mass is 990 g/mol. The maximum absolute atomic E-state index is 14.1. The minimum absolute atomic E-state index is 0.0938. The van der Waals surface area contributed by atoms with Gasteiger partial charge in [0.1, 0.15) is 36.3 Å². The molecule has 21 nitrogen and oxygen atoms in total. The van der Waals surface area contributed by atoms with Crippen LogP contribution in [-0.4, -0.2) is 123 Å². The van der Waals surface area contributed by atoms with Crippen molar-refractivity contribution in [3.63, 3.8) is 0 Å². The van der Waals surface area contributed by atoms with Crippen LogP contribution in [0.25, 0.3) is 0 Å². The minimum Gasteiger partial charge on any atom is -0.481 e. The summed E-state index contributed by atoms with van der Waals surface area (Å²) in [6.07, 6.45) is 12.4. The van der Waals surface area contributed by atoms with Crippen LogP contribution < -0.4 is 37.6 Å². The van der Waals surface area contributed by atoms with Crippen molar-refractivity contribution in [2.24, 2.45) is 5.73 Å². The average molecular weight is 990 g/mol.